The van der Waals surface area contributed by atoms with E-state index in [2.05, 4.69) is 10.1 Å². The zero-order valence-corrected chi connectivity index (χ0v) is 13.6. The van der Waals surface area contributed by atoms with Gasteiger partial charge in [0.15, 0.2) is 23.0 Å². The number of phenolic OH excluding ortho intramolecular Hbond substituents is 1. The van der Waals surface area contributed by atoms with Crippen LogP contribution in [0, 0.1) is 17.5 Å². The second-order valence-electron chi connectivity index (χ2n) is 6.11. The first-order valence-corrected chi connectivity index (χ1v) is 8.10. The van der Waals surface area contributed by atoms with E-state index in [-0.39, 0.29) is 17.0 Å². The van der Waals surface area contributed by atoms with Gasteiger partial charge in [-0.15, -0.1) is 0 Å². The molecule has 0 saturated carbocycles. The highest BCUT2D eigenvalue weighted by Gasteiger charge is 2.21. The van der Waals surface area contributed by atoms with Crippen molar-refractivity contribution in [3.63, 3.8) is 0 Å². The van der Waals surface area contributed by atoms with Crippen LogP contribution in [0.4, 0.5) is 13.2 Å². The van der Waals surface area contributed by atoms with Gasteiger partial charge < -0.3 is 14.4 Å². The monoisotopic (exact) mass is 364 g/mol. The molecule has 1 aromatic heterocycles. The second-order valence-corrected chi connectivity index (χ2v) is 6.11. The maximum atomic E-state index is 13.6. The summed E-state index contributed by atoms with van der Waals surface area (Å²) in [6.07, 6.45) is 0. The van der Waals surface area contributed by atoms with Crippen molar-refractivity contribution in [2.45, 2.75) is 6.54 Å². The molecule has 1 N–H and O–H groups in total. The lowest BCUT2D eigenvalue weighted by atomic mass is 10.0. The van der Waals surface area contributed by atoms with E-state index >= 15 is 0 Å². The third-order valence-electron chi connectivity index (χ3n) is 4.46. The Morgan fingerprint density at radius 3 is 2.46 bits per heavy atom. The number of fused-ring (bicyclic) bond motifs is 1. The Kier molecular flexibility index (Phi) is 4.29. The third-order valence-corrected chi connectivity index (χ3v) is 4.46. The molecule has 2 aromatic carbocycles. The summed E-state index contributed by atoms with van der Waals surface area (Å²) in [6, 6.07) is 4.77. The van der Waals surface area contributed by atoms with Crippen LogP contribution in [0.25, 0.3) is 22.2 Å². The fraction of sp³-hybridized carbons (Fsp3) is 0.278. The number of rotatable bonds is 3. The molecule has 0 amide bonds. The van der Waals surface area contributed by atoms with Crippen molar-refractivity contribution in [3.8, 4) is 17.0 Å². The molecular formula is C18H15F3N2O3. The Balaban J connectivity index is 1.78. The van der Waals surface area contributed by atoms with Gasteiger partial charge in [-0.1, -0.05) is 5.16 Å². The first kappa shape index (κ1) is 16.9. The number of aromatic nitrogens is 1. The quantitative estimate of drug-likeness (QED) is 0.722. The highest BCUT2D eigenvalue weighted by molar-refractivity contribution is 5.94. The summed E-state index contributed by atoms with van der Waals surface area (Å²) in [6.45, 7) is 3.06. The molecule has 0 spiro atoms. The predicted octanol–water partition coefficient (Wildman–Crippen LogP) is 3.45. The lowest BCUT2D eigenvalue weighted by Crippen LogP contribution is -2.35. The normalized spacial score (nSPS) is 15.7. The predicted molar refractivity (Wildman–Crippen MR) is 87.1 cm³/mol. The molecule has 26 heavy (non-hydrogen) atoms. The minimum absolute atomic E-state index is 0.0446. The van der Waals surface area contributed by atoms with Gasteiger partial charge in [-0.3, -0.25) is 4.90 Å². The van der Waals surface area contributed by atoms with E-state index in [9.17, 15) is 18.3 Å². The van der Waals surface area contributed by atoms with Crippen molar-refractivity contribution in [1.29, 1.82) is 0 Å². The summed E-state index contributed by atoms with van der Waals surface area (Å²) in [7, 11) is 0. The minimum Gasteiger partial charge on any atom is -0.507 e. The van der Waals surface area contributed by atoms with Crippen LogP contribution in [0.3, 0.4) is 0 Å². The SMILES string of the molecule is Oc1ccc2c(-c3cc(F)c(F)c(F)c3)noc2c1CN1CCOCC1. The molecule has 0 unspecified atom stereocenters. The Morgan fingerprint density at radius 1 is 1.08 bits per heavy atom. The number of halogens is 3. The van der Waals surface area contributed by atoms with Crippen molar-refractivity contribution in [1.82, 2.24) is 10.1 Å². The first-order valence-electron chi connectivity index (χ1n) is 8.10. The zero-order valence-electron chi connectivity index (χ0n) is 13.6. The third kappa shape index (κ3) is 2.91. The maximum Gasteiger partial charge on any atom is 0.194 e. The average Bonchev–Trinajstić information content (AvgIpc) is 3.07. The molecule has 1 aliphatic rings. The number of aromatic hydroxyl groups is 1. The lowest BCUT2D eigenvalue weighted by Gasteiger charge is -2.26. The van der Waals surface area contributed by atoms with E-state index in [1.165, 1.54) is 6.07 Å². The van der Waals surface area contributed by atoms with Gasteiger partial charge in [0.1, 0.15) is 11.4 Å². The second kappa shape index (κ2) is 6.62. The van der Waals surface area contributed by atoms with Crippen molar-refractivity contribution >= 4 is 11.0 Å². The van der Waals surface area contributed by atoms with Gasteiger partial charge in [-0.25, -0.2) is 13.2 Å². The minimum atomic E-state index is -1.53. The molecule has 1 saturated heterocycles. The Hall–Kier alpha value is -2.58. The molecule has 4 rings (SSSR count). The Labute approximate surface area is 146 Å². The van der Waals surface area contributed by atoms with Crippen LogP contribution in [0.15, 0.2) is 28.8 Å². The lowest BCUT2D eigenvalue weighted by molar-refractivity contribution is 0.0339. The van der Waals surface area contributed by atoms with Gasteiger partial charge in [0.2, 0.25) is 0 Å². The fourth-order valence-electron chi connectivity index (χ4n) is 3.08. The van der Waals surface area contributed by atoms with Crippen molar-refractivity contribution in [2.75, 3.05) is 26.3 Å². The van der Waals surface area contributed by atoms with Crippen LogP contribution in [0.5, 0.6) is 5.75 Å². The number of hydrogen-bond donors (Lipinski definition) is 1. The summed E-state index contributed by atoms with van der Waals surface area (Å²) >= 11 is 0. The Morgan fingerprint density at radius 2 is 1.77 bits per heavy atom. The van der Waals surface area contributed by atoms with Crippen molar-refractivity contribution in [2.24, 2.45) is 0 Å². The molecule has 0 bridgehead atoms. The molecule has 5 nitrogen and oxygen atoms in total. The van der Waals surface area contributed by atoms with Gasteiger partial charge in [-0.2, -0.15) is 0 Å². The van der Waals surface area contributed by atoms with Crippen molar-refractivity contribution in [3.05, 3.63) is 47.3 Å². The topological polar surface area (TPSA) is 58.7 Å². The molecule has 0 atom stereocenters. The van der Waals surface area contributed by atoms with Gasteiger partial charge in [0.25, 0.3) is 0 Å². The van der Waals surface area contributed by atoms with Crippen LogP contribution in [0.1, 0.15) is 5.56 Å². The molecular weight excluding hydrogens is 349 g/mol. The van der Waals surface area contributed by atoms with Crippen LogP contribution in [0.2, 0.25) is 0 Å². The van der Waals surface area contributed by atoms with E-state index in [0.29, 0.717) is 49.4 Å². The summed E-state index contributed by atoms with van der Waals surface area (Å²) < 4.78 is 51.0. The fourth-order valence-corrected chi connectivity index (χ4v) is 3.08. The highest BCUT2D eigenvalue weighted by Crippen LogP contribution is 2.35. The van der Waals surface area contributed by atoms with Gasteiger partial charge in [0.05, 0.1) is 24.2 Å². The van der Waals surface area contributed by atoms with E-state index in [0.717, 1.165) is 12.1 Å². The number of nitrogens with zero attached hydrogens (tertiary/aromatic N) is 2. The number of phenols is 1. The van der Waals surface area contributed by atoms with Crippen LogP contribution in [-0.2, 0) is 11.3 Å². The number of hydrogen-bond acceptors (Lipinski definition) is 5. The zero-order chi connectivity index (χ0) is 18.3. The molecule has 0 aliphatic carbocycles. The number of morpholine rings is 1. The summed E-state index contributed by atoms with van der Waals surface area (Å²) in [4.78, 5) is 2.09. The maximum absolute atomic E-state index is 13.6. The van der Waals surface area contributed by atoms with E-state index < -0.39 is 17.5 Å². The summed E-state index contributed by atoms with van der Waals surface area (Å²) in [5.41, 5.74) is 1.10. The van der Waals surface area contributed by atoms with Gasteiger partial charge >= 0.3 is 0 Å². The molecule has 3 aromatic rings. The summed E-state index contributed by atoms with van der Waals surface area (Å²) in [5.74, 6) is -4.10. The van der Waals surface area contributed by atoms with Crippen LogP contribution in [-0.4, -0.2) is 41.5 Å². The van der Waals surface area contributed by atoms with Crippen LogP contribution >= 0.6 is 0 Å². The van der Waals surface area contributed by atoms with E-state index in [4.69, 9.17) is 9.26 Å². The highest BCUT2D eigenvalue weighted by atomic mass is 19.2. The van der Waals surface area contributed by atoms with Gasteiger partial charge in [0, 0.05) is 25.2 Å². The number of ether oxygens (including phenoxy) is 1. The smallest absolute Gasteiger partial charge is 0.194 e. The van der Waals surface area contributed by atoms with E-state index in [1.807, 2.05) is 0 Å². The first-order chi connectivity index (χ1) is 12.5. The van der Waals surface area contributed by atoms with Gasteiger partial charge in [-0.05, 0) is 24.3 Å². The molecule has 1 fully saturated rings. The summed E-state index contributed by atoms with van der Waals surface area (Å²) in [5, 5.41) is 14.6. The van der Waals surface area contributed by atoms with E-state index in [1.54, 1.807) is 6.07 Å². The molecule has 136 valence electrons. The molecule has 8 heteroatoms. The molecule has 2 heterocycles. The molecule has 0 radical (unpaired) electrons. The largest absolute Gasteiger partial charge is 0.507 e. The van der Waals surface area contributed by atoms with Crippen molar-refractivity contribution < 1.29 is 27.5 Å². The number of benzene rings is 2. The molecule has 1 aliphatic heterocycles. The average molecular weight is 364 g/mol. The Bertz CT molecular complexity index is 945. The van der Waals surface area contributed by atoms with Crippen LogP contribution < -0.4 is 0 Å². The standard InChI is InChI=1S/C18H15F3N2O3/c19-13-7-10(8-14(20)16(13)21)17-11-1-2-15(24)12(18(11)26-22-17)9-23-3-5-25-6-4-23/h1-2,7-8,24H,3-6,9H2.